The molecule has 0 aliphatic heterocycles. The van der Waals surface area contributed by atoms with Crippen molar-refractivity contribution in [3.63, 3.8) is 0 Å². The van der Waals surface area contributed by atoms with Crippen LogP contribution in [0.2, 0.25) is 0 Å². The minimum Gasteiger partial charge on any atom is -0.508 e. The molecule has 2 aromatic carbocycles. The van der Waals surface area contributed by atoms with E-state index < -0.39 is 16.1 Å². The maximum Gasteiger partial charge on any atom is 0.243 e. The number of sulfonamides is 1. The molecule has 0 spiro atoms. The van der Waals surface area contributed by atoms with Crippen LogP contribution < -0.4 is 0 Å². The van der Waals surface area contributed by atoms with Gasteiger partial charge in [-0.1, -0.05) is 35.9 Å². The molecule has 4 nitrogen and oxygen atoms in total. The van der Waals surface area contributed by atoms with Gasteiger partial charge in [0.1, 0.15) is 5.75 Å². The zero-order valence-electron chi connectivity index (χ0n) is 12.3. The number of aryl methyl sites for hydroxylation is 1. The number of hydrogen-bond donors (Lipinski definition) is 1. The minimum atomic E-state index is -3.60. The van der Waals surface area contributed by atoms with Crippen LogP contribution in [0.1, 0.15) is 24.1 Å². The first-order valence-corrected chi connectivity index (χ1v) is 8.10. The van der Waals surface area contributed by atoms with Gasteiger partial charge in [-0.05, 0) is 32.0 Å². The maximum atomic E-state index is 12.6. The van der Waals surface area contributed by atoms with Crippen LogP contribution in [-0.4, -0.2) is 24.9 Å². The van der Waals surface area contributed by atoms with Crippen LogP contribution in [-0.2, 0) is 10.0 Å². The molecule has 1 N–H and O–H groups in total. The Balaban J connectivity index is 2.36. The Morgan fingerprint density at radius 3 is 2.19 bits per heavy atom. The first kappa shape index (κ1) is 15.5. The molecule has 0 aliphatic rings. The second-order valence-corrected chi connectivity index (χ2v) is 7.07. The van der Waals surface area contributed by atoms with Crippen LogP contribution in [0, 0.1) is 6.92 Å². The van der Waals surface area contributed by atoms with Gasteiger partial charge in [0.2, 0.25) is 10.0 Å². The van der Waals surface area contributed by atoms with Gasteiger partial charge in [-0.15, -0.1) is 0 Å². The average Bonchev–Trinajstić information content (AvgIpc) is 2.46. The van der Waals surface area contributed by atoms with Gasteiger partial charge in [-0.25, -0.2) is 8.42 Å². The molecule has 0 amide bonds. The van der Waals surface area contributed by atoms with Gasteiger partial charge in [0.05, 0.1) is 10.9 Å². The Hall–Kier alpha value is -1.85. The summed E-state index contributed by atoms with van der Waals surface area (Å²) in [6, 6.07) is 13.0. The van der Waals surface area contributed by atoms with Gasteiger partial charge in [0.15, 0.2) is 0 Å². The number of phenols is 1. The highest BCUT2D eigenvalue weighted by atomic mass is 32.2. The average molecular weight is 305 g/mol. The third-order valence-corrected chi connectivity index (χ3v) is 5.57. The molecule has 0 saturated heterocycles. The van der Waals surface area contributed by atoms with Crippen molar-refractivity contribution < 1.29 is 13.5 Å². The van der Waals surface area contributed by atoms with Crippen molar-refractivity contribution in [2.24, 2.45) is 0 Å². The lowest BCUT2D eigenvalue weighted by molar-refractivity contribution is 0.381. The maximum absolute atomic E-state index is 12.6. The summed E-state index contributed by atoms with van der Waals surface area (Å²) in [5.74, 6) is 0.0935. The highest BCUT2D eigenvalue weighted by Crippen LogP contribution is 2.30. The molecule has 0 aromatic heterocycles. The largest absolute Gasteiger partial charge is 0.508 e. The normalized spacial score (nSPS) is 13.3. The molecule has 0 aliphatic carbocycles. The molecule has 21 heavy (non-hydrogen) atoms. The lowest BCUT2D eigenvalue weighted by atomic mass is 10.1. The summed E-state index contributed by atoms with van der Waals surface area (Å²) in [5.41, 5.74) is 1.58. The van der Waals surface area contributed by atoms with Gasteiger partial charge in [0.25, 0.3) is 0 Å². The number of aromatic hydroxyl groups is 1. The van der Waals surface area contributed by atoms with Crippen LogP contribution in [0.5, 0.6) is 5.75 Å². The van der Waals surface area contributed by atoms with Crippen LogP contribution in [0.25, 0.3) is 0 Å². The molecular formula is C16H19NO3S. The fraction of sp³-hybridized carbons (Fsp3) is 0.250. The summed E-state index contributed by atoms with van der Waals surface area (Å²) in [6.07, 6.45) is 0. The number of rotatable bonds is 4. The van der Waals surface area contributed by atoms with E-state index in [4.69, 9.17) is 0 Å². The minimum absolute atomic E-state index is 0.0935. The smallest absolute Gasteiger partial charge is 0.243 e. The van der Waals surface area contributed by atoms with Crippen molar-refractivity contribution in [1.29, 1.82) is 0 Å². The molecule has 0 heterocycles. The number of phenolic OH excluding ortho intramolecular Hbond substituents is 1. The Bertz CT molecular complexity index is 723. The van der Waals surface area contributed by atoms with E-state index >= 15 is 0 Å². The Morgan fingerprint density at radius 1 is 1.05 bits per heavy atom. The molecule has 0 bridgehead atoms. The Morgan fingerprint density at radius 2 is 1.62 bits per heavy atom. The zero-order valence-corrected chi connectivity index (χ0v) is 13.1. The van der Waals surface area contributed by atoms with Gasteiger partial charge in [-0.3, -0.25) is 0 Å². The van der Waals surface area contributed by atoms with E-state index in [0.29, 0.717) is 5.56 Å². The van der Waals surface area contributed by atoms with Crippen molar-refractivity contribution in [3.05, 3.63) is 59.7 Å². The Kier molecular flexibility index (Phi) is 4.34. The van der Waals surface area contributed by atoms with E-state index in [1.807, 2.05) is 6.92 Å². The van der Waals surface area contributed by atoms with Crippen molar-refractivity contribution >= 4 is 10.0 Å². The fourth-order valence-electron chi connectivity index (χ4n) is 2.12. The SMILES string of the molecule is Cc1ccc(S(=O)(=O)N(C)C(C)c2ccccc2O)cc1. The van der Waals surface area contributed by atoms with Crippen molar-refractivity contribution in [3.8, 4) is 5.75 Å². The monoisotopic (exact) mass is 305 g/mol. The van der Waals surface area contributed by atoms with Crippen molar-refractivity contribution in [2.45, 2.75) is 24.8 Å². The van der Waals surface area contributed by atoms with E-state index in [0.717, 1.165) is 5.56 Å². The highest BCUT2D eigenvalue weighted by Gasteiger charge is 2.27. The summed E-state index contributed by atoms with van der Waals surface area (Å²) in [6.45, 7) is 3.66. The van der Waals surface area contributed by atoms with E-state index in [1.54, 1.807) is 55.5 Å². The van der Waals surface area contributed by atoms with E-state index in [9.17, 15) is 13.5 Å². The Labute approximate surface area is 125 Å². The van der Waals surface area contributed by atoms with E-state index in [2.05, 4.69) is 0 Å². The van der Waals surface area contributed by atoms with Gasteiger partial charge in [-0.2, -0.15) is 4.31 Å². The molecule has 2 aromatic rings. The summed E-state index contributed by atoms with van der Waals surface area (Å²) >= 11 is 0. The predicted molar refractivity (Wildman–Crippen MR) is 82.6 cm³/mol. The van der Waals surface area contributed by atoms with Gasteiger partial charge < -0.3 is 5.11 Å². The highest BCUT2D eigenvalue weighted by molar-refractivity contribution is 7.89. The molecule has 0 saturated carbocycles. The summed E-state index contributed by atoms with van der Waals surface area (Å²) in [7, 11) is -2.08. The van der Waals surface area contributed by atoms with E-state index in [1.165, 1.54) is 11.4 Å². The fourth-order valence-corrected chi connectivity index (χ4v) is 3.46. The first-order valence-electron chi connectivity index (χ1n) is 6.66. The third kappa shape index (κ3) is 3.09. The van der Waals surface area contributed by atoms with Gasteiger partial charge >= 0.3 is 0 Å². The van der Waals surface area contributed by atoms with Crippen molar-refractivity contribution in [2.75, 3.05) is 7.05 Å². The summed E-state index contributed by atoms with van der Waals surface area (Å²) in [5, 5.41) is 9.88. The molecule has 2 rings (SSSR count). The lowest BCUT2D eigenvalue weighted by Crippen LogP contribution is -2.29. The second kappa shape index (κ2) is 5.87. The number of nitrogens with zero attached hydrogens (tertiary/aromatic N) is 1. The second-order valence-electron chi connectivity index (χ2n) is 5.07. The molecule has 5 heteroatoms. The molecule has 0 radical (unpaired) electrons. The zero-order chi connectivity index (χ0) is 15.6. The molecule has 1 unspecified atom stereocenters. The standard InChI is InChI=1S/C16H19NO3S/c1-12-8-10-14(11-9-12)21(19,20)17(3)13(2)15-6-4-5-7-16(15)18/h4-11,13,18H,1-3H3. The van der Waals surface area contributed by atoms with E-state index in [-0.39, 0.29) is 10.6 Å². The molecule has 1 atom stereocenters. The predicted octanol–water partition coefficient (Wildman–Crippen LogP) is 3.08. The van der Waals surface area contributed by atoms with Crippen LogP contribution in [0.3, 0.4) is 0 Å². The topological polar surface area (TPSA) is 57.6 Å². The van der Waals surface area contributed by atoms with Crippen LogP contribution >= 0.6 is 0 Å². The summed E-state index contributed by atoms with van der Waals surface area (Å²) in [4.78, 5) is 0.248. The lowest BCUT2D eigenvalue weighted by Gasteiger charge is -2.25. The van der Waals surface area contributed by atoms with Crippen LogP contribution in [0.15, 0.2) is 53.4 Å². The number of para-hydroxylation sites is 1. The van der Waals surface area contributed by atoms with Crippen LogP contribution in [0.4, 0.5) is 0 Å². The summed E-state index contributed by atoms with van der Waals surface area (Å²) < 4.78 is 26.5. The number of benzene rings is 2. The first-order chi connectivity index (χ1) is 9.84. The quantitative estimate of drug-likeness (QED) is 0.944. The number of hydrogen-bond acceptors (Lipinski definition) is 3. The van der Waals surface area contributed by atoms with Crippen molar-refractivity contribution in [1.82, 2.24) is 4.31 Å². The molecule has 0 fully saturated rings. The van der Waals surface area contributed by atoms with Gasteiger partial charge in [0, 0.05) is 12.6 Å². The third-order valence-electron chi connectivity index (χ3n) is 3.63. The molecule has 112 valence electrons. The molecular weight excluding hydrogens is 286 g/mol.